The number of halogens is 1. The van der Waals surface area contributed by atoms with Gasteiger partial charge in [0.1, 0.15) is 0 Å². The first kappa shape index (κ1) is 9.74. The van der Waals surface area contributed by atoms with Crippen LogP contribution >= 0.6 is 15.9 Å². The number of hydrogen-bond donors (Lipinski definition) is 2. The number of aromatic nitrogens is 1. The van der Waals surface area contributed by atoms with Crippen LogP contribution in [-0.2, 0) is 5.60 Å². The van der Waals surface area contributed by atoms with E-state index >= 15 is 0 Å². The van der Waals surface area contributed by atoms with Crippen LogP contribution in [-0.4, -0.2) is 10.1 Å². The van der Waals surface area contributed by atoms with E-state index in [0.717, 1.165) is 21.1 Å². The summed E-state index contributed by atoms with van der Waals surface area (Å²) in [4.78, 5) is 3.21. The summed E-state index contributed by atoms with van der Waals surface area (Å²) in [6.07, 6.45) is 0. The van der Waals surface area contributed by atoms with E-state index < -0.39 is 5.60 Å². The zero-order valence-corrected chi connectivity index (χ0v) is 9.72. The minimum atomic E-state index is -0.821. The molecule has 2 aromatic rings. The van der Waals surface area contributed by atoms with Gasteiger partial charge in [-0.05, 0) is 41.9 Å². The molecule has 74 valence electrons. The molecule has 0 bridgehead atoms. The number of para-hydroxylation sites is 1. The molecule has 2 nitrogen and oxygen atoms in total. The zero-order chi connectivity index (χ0) is 10.3. The van der Waals surface area contributed by atoms with Crippen molar-refractivity contribution >= 4 is 26.8 Å². The number of rotatable bonds is 1. The molecule has 0 atom stereocenters. The molecule has 3 heteroatoms. The van der Waals surface area contributed by atoms with Crippen molar-refractivity contribution in [3.05, 3.63) is 34.4 Å². The van der Waals surface area contributed by atoms with Gasteiger partial charge >= 0.3 is 0 Å². The molecule has 14 heavy (non-hydrogen) atoms. The van der Waals surface area contributed by atoms with Crippen LogP contribution in [0.2, 0.25) is 0 Å². The van der Waals surface area contributed by atoms with Crippen molar-refractivity contribution in [2.24, 2.45) is 0 Å². The molecule has 2 rings (SSSR count). The van der Waals surface area contributed by atoms with Crippen LogP contribution in [0.4, 0.5) is 0 Å². The number of H-pyrrole nitrogens is 1. The molecule has 1 aromatic heterocycles. The zero-order valence-electron chi connectivity index (χ0n) is 8.13. The average Bonchev–Trinajstić information content (AvgIpc) is 2.48. The van der Waals surface area contributed by atoms with Gasteiger partial charge in [0.05, 0.1) is 11.1 Å². The van der Waals surface area contributed by atoms with Crippen LogP contribution in [0.3, 0.4) is 0 Å². The molecule has 0 fully saturated rings. The molecule has 0 unspecified atom stereocenters. The maximum atomic E-state index is 9.83. The van der Waals surface area contributed by atoms with Gasteiger partial charge in [0.25, 0.3) is 0 Å². The molecule has 0 aliphatic rings. The first-order chi connectivity index (χ1) is 6.48. The molecule has 0 spiro atoms. The van der Waals surface area contributed by atoms with Crippen LogP contribution in [0.5, 0.6) is 0 Å². The Bertz CT molecular complexity index is 468. The van der Waals surface area contributed by atoms with Gasteiger partial charge in [-0.3, -0.25) is 0 Å². The summed E-state index contributed by atoms with van der Waals surface area (Å²) in [7, 11) is 0. The van der Waals surface area contributed by atoms with Crippen molar-refractivity contribution in [3.63, 3.8) is 0 Å². The number of aromatic amines is 1. The van der Waals surface area contributed by atoms with E-state index in [4.69, 9.17) is 0 Å². The number of aliphatic hydroxyl groups is 1. The average molecular weight is 254 g/mol. The van der Waals surface area contributed by atoms with E-state index in [2.05, 4.69) is 20.9 Å². The minimum absolute atomic E-state index is 0.821. The van der Waals surface area contributed by atoms with Gasteiger partial charge in [0, 0.05) is 15.6 Å². The summed E-state index contributed by atoms with van der Waals surface area (Å²) in [6.45, 7) is 3.54. The lowest BCUT2D eigenvalue weighted by atomic mass is 10.1. The second kappa shape index (κ2) is 3.11. The first-order valence-electron chi connectivity index (χ1n) is 4.48. The molecule has 2 N–H and O–H groups in total. The standard InChI is InChI=1S/C11H12BrNO/c1-11(2,14)9-6-7-4-3-5-8(12)10(7)13-9/h3-6,13-14H,1-2H3. The predicted octanol–water partition coefficient (Wildman–Crippen LogP) is 3.16. The third-order valence-corrected chi connectivity index (χ3v) is 2.93. The van der Waals surface area contributed by atoms with Gasteiger partial charge in [-0.2, -0.15) is 0 Å². The number of fused-ring (bicyclic) bond motifs is 1. The third-order valence-electron chi connectivity index (χ3n) is 2.26. The highest BCUT2D eigenvalue weighted by molar-refractivity contribution is 9.10. The summed E-state index contributed by atoms with van der Waals surface area (Å²) >= 11 is 3.46. The lowest BCUT2D eigenvalue weighted by molar-refractivity contribution is 0.0747. The maximum absolute atomic E-state index is 9.83. The van der Waals surface area contributed by atoms with E-state index in [1.165, 1.54) is 0 Å². The lowest BCUT2D eigenvalue weighted by Gasteiger charge is -2.14. The Hall–Kier alpha value is -0.800. The molecule has 0 aliphatic heterocycles. The number of nitrogens with one attached hydrogen (secondary N) is 1. The van der Waals surface area contributed by atoms with Crippen molar-refractivity contribution in [1.82, 2.24) is 4.98 Å². The predicted molar refractivity (Wildman–Crippen MR) is 61.2 cm³/mol. The van der Waals surface area contributed by atoms with Gasteiger partial charge in [-0.1, -0.05) is 12.1 Å². The van der Waals surface area contributed by atoms with E-state index in [-0.39, 0.29) is 0 Å². The highest BCUT2D eigenvalue weighted by Gasteiger charge is 2.18. The fourth-order valence-electron chi connectivity index (χ4n) is 1.45. The SMILES string of the molecule is CC(C)(O)c1cc2cccc(Br)c2[nH]1. The molecule has 1 heterocycles. The molecular weight excluding hydrogens is 242 g/mol. The Morgan fingerprint density at radius 1 is 1.36 bits per heavy atom. The Labute approximate surface area is 91.1 Å². The Kier molecular flexibility index (Phi) is 2.16. The van der Waals surface area contributed by atoms with Gasteiger partial charge in [-0.15, -0.1) is 0 Å². The lowest BCUT2D eigenvalue weighted by Crippen LogP contribution is -2.15. The largest absolute Gasteiger partial charge is 0.384 e. The smallest absolute Gasteiger partial charge is 0.0987 e. The molecule has 0 saturated heterocycles. The minimum Gasteiger partial charge on any atom is -0.384 e. The van der Waals surface area contributed by atoms with Gasteiger partial charge in [0.15, 0.2) is 0 Å². The first-order valence-corrected chi connectivity index (χ1v) is 5.28. The number of hydrogen-bond acceptors (Lipinski definition) is 1. The fourth-order valence-corrected chi connectivity index (χ4v) is 1.93. The van der Waals surface area contributed by atoms with Crippen molar-refractivity contribution in [3.8, 4) is 0 Å². The highest BCUT2D eigenvalue weighted by atomic mass is 79.9. The van der Waals surface area contributed by atoms with Crippen molar-refractivity contribution in [2.45, 2.75) is 19.4 Å². The quantitative estimate of drug-likeness (QED) is 0.805. The molecule has 1 aromatic carbocycles. The summed E-state index contributed by atoms with van der Waals surface area (Å²) in [6, 6.07) is 7.95. The molecule has 0 amide bonds. The van der Waals surface area contributed by atoms with Crippen molar-refractivity contribution < 1.29 is 5.11 Å². The van der Waals surface area contributed by atoms with Crippen LogP contribution < -0.4 is 0 Å². The Morgan fingerprint density at radius 2 is 2.07 bits per heavy atom. The van der Waals surface area contributed by atoms with Gasteiger partial charge < -0.3 is 10.1 Å². The van der Waals surface area contributed by atoms with Gasteiger partial charge in [0.2, 0.25) is 0 Å². The number of benzene rings is 1. The molecule has 0 aliphatic carbocycles. The van der Waals surface area contributed by atoms with E-state index in [1.807, 2.05) is 24.3 Å². The Balaban J connectivity index is 2.69. The molecule has 0 radical (unpaired) electrons. The van der Waals surface area contributed by atoms with E-state index in [1.54, 1.807) is 13.8 Å². The topological polar surface area (TPSA) is 36.0 Å². The van der Waals surface area contributed by atoms with Crippen LogP contribution in [0, 0.1) is 0 Å². The summed E-state index contributed by atoms with van der Waals surface area (Å²) in [5.41, 5.74) is 1.04. The highest BCUT2D eigenvalue weighted by Crippen LogP contribution is 2.28. The van der Waals surface area contributed by atoms with Gasteiger partial charge in [-0.25, -0.2) is 0 Å². The second-order valence-electron chi connectivity index (χ2n) is 3.95. The normalized spacial score (nSPS) is 12.3. The fraction of sp³-hybridized carbons (Fsp3) is 0.273. The third kappa shape index (κ3) is 1.57. The summed E-state index contributed by atoms with van der Waals surface area (Å²) in [5.74, 6) is 0. The van der Waals surface area contributed by atoms with Crippen LogP contribution in [0.1, 0.15) is 19.5 Å². The summed E-state index contributed by atoms with van der Waals surface area (Å²) < 4.78 is 1.02. The van der Waals surface area contributed by atoms with E-state index in [0.29, 0.717) is 0 Å². The monoisotopic (exact) mass is 253 g/mol. The van der Waals surface area contributed by atoms with Crippen molar-refractivity contribution in [2.75, 3.05) is 0 Å². The van der Waals surface area contributed by atoms with Crippen molar-refractivity contribution in [1.29, 1.82) is 0 Å². The molecular formula is C11H12BrNO. The van der Waals surface area contributed by atoms with Crippen LogP contribution in [0.25, 0.3) is 10.9 Å². The molecule has 0 saturated carbocycles. The van der Waals surface area contributed by atoms with Crippen LogP contribution in [0.15, 0.2) is 28.7 Å². The Morgan fingerprint density at radius 3 is 2.64 bits per heavy atom. The van der Waals surface area contributed by atoms with E-state index in [9.17, 15) is 5.11 Å². The maximum Gasteiger partial charge on any atom is 0.0987 e. The second-order valence-corrected chi connectivity index (χ2v) is 4.80. The summed E-state index contributed by atoms with van der Waals surface area (Å²) in [5, 5.41) is 10.9.